The highest BCUT2D eigenvalue weighted by Gasteiger charge is 2.24. The Morgan fingerprint density at radius 2 is 1.67 bits per heavy atom. The highest BCUT2D eigenvalue weighted by atomic mass is 32.2. The van der Waals surface area contributed by atoms with Crippen LogP contribution >= 0.6 is 0 Å². The fraction of sp³-hybridized carbons (Fsp3) is 0.188. The standard InChI is InChI=1S/C16H17NO6S/c1-21-13-9-6-8-12(15(13)22-2)17-24(19,20)14-10-5-4-7-11(14)16(18)23-3/h4-10,17H,1-3H3. The van der Waals surface area contributed by atoms with Gasteiger partial charge in [0.1, 0.15) is 4.90 Å². The molecule has 0 amide bonds. The maximum Gasteiger partial charge on any atom is 0.339 e. The minimum atomic E-state index is -4.04. The Labute approximate surface area is 140 Å². The van der Waals surface area contributed by atoms with Gasteiger partial charge in [0.15, 0.2) is 11.5 Å². The van der Waals surface area contributed by atoms with Crippen molar-refractivity contribution < 1.29 is 27.4 Å². The van der Waals surface area contributed by atoms with Crippen LogP contribution in [0.25, 0.3) is 0 Å². The topological polar surface area (TPSA) is 90.9 Å². The largest absolute Gasteiger partial charge is 0.493 e. The molecule has 2 rings (SSSR count). The number of hydrogen-bond acceptors (Lipinski definition) is 6. The van der Waals surface area contributed by atoms with Crippen LogP contribution in [0.15, 0.2) is 47.4 Å². The van der Waals surface area contributed by atoms with E-state index in [9.17, 15) is 13.2 Å². The van der Waals surface area contributed by atoms with Crippen LogP contribution < -0.4 is 14.2 Å². The molecular formula is C16H17NO6S. The molecule has 2 aromatic rings. The van der Waals surface area contributed by atoms with Gasteiger partial charge >= 0.3 is 5.97 Å². The quantitative estimate of drug-likeness (QED) is 0.803. The molecule has 1 N–H and O–H groups in total. The number of ether oxygens (including phenoxy) is 3. The minimum absolute atomic E-state index is 0.0608. The van der Waals surface area contributed by atoms with Gasteiger partial charge in [-0.15, -0.1) is 0 Å². The molecule has 7 nitrogen and oxygen atoms in total. The van der Waals surface area contributed by atoms with Crippen molar-refractivity contribution in [2.75, 3.05) is 26.1 Å². The third-order valence-electron chi connectivity index (χ3n) is 3.23. The summed E-state index contributed by atoms with van der Waals surface area (Å²) in [4.78, 5) is 11.6. The summed E-state index contributed by atoms with van der Waals surface area (Å²) in [6, 6.07) is 10.6. The number of rotatable bonds is 6. The van der Waals surface area contributed by atoms with Crippen molar-refractivity contribution in [1.29, 1.82) is 0 Å². The highest BCUT2D eigenvalue weighted by Crippen LogP contribution is 2.36. The molecule has 0 heterocycles. The number of hydrogen-bond donors (Lipinski definition) is 1. The molecule has 2 aromatic carbocycles. The Bertz CT molecular complexity index is 847. The Balaban J connectivity index is 2.50. The van der Waals surface area contributed by atoms with Gasteiger partial charge in [-0.1, -0.05) is 18.2 Å². The van der Waals surface area contributed by atoms with E-state index in [2.05, 4.69) is 9.46 Å². The summed E-state index contributed by atoms with van der Waals surface area (Å²) in [6.07, 6.45) is 0. The van der Waals surface area contributed by atoms with E-state index in [4.69, 9.17) is 9.47 Å². The molecule has 0 aromatic heterocycles. The van der Waals surface area contributed by atoms with Gasteiger partial charge in [0, 0.05) is 0 Å². The van der Waals surface area contributed by atoms with E-state index >= 15 is 0 Å². The number of nitrogens with one attached hydrogen (secondary N) is 1. The lowest BCUT2D eigenvalue weighted by molar-refractivity contribution is 0.0596. The monoisotopic (exact) mass is 351 g/mol. The summed E-state index contributed by atoms with van der Waals surface area (Å²) in [6.45, 7) is 0. The number of carbonyl (C=O) groups excluding carboxylic acids is 1. The van der Waals surface area contributed by atoms with E-state index < -0.39 is 16.0 Å². The first-order chi connectivity index (χ1) is 11.4. The fourth-order valence-electron chi connectivity index (χ4n) is 2.15. The van der Waals surface area contributed by atoms with Gasteiger partial charge in [0.25, 0.3) is 10.0 Å². The van der Waals surface area contributed by atoms with E-state index in [0.29, 0.717) is 5.75 Å². The Morgan fingerprint density at radius 1 is 0.958 bits per heavy atom. The number of sulfonamides is 1. The summed E-state index contributed by atoms with van der Waals surface area (Å²) in [5.74, 6) is -0.133. The summed E-state index contributed by atoms with van der Waals surface area (Å²) in [5, 5.41) is 0. The Morgan fingerprint density at radius 3 is 2.29 bits per heavy atom. The van der Waals surface area contributed by atoms with E-state index in [1.165, 1.54) is 45.6 Å². The maximum atomic E-state index is 12.7. The van der Waals surface area contributed by atoms with Crippen molar-refractivity contribution >= 4 is 21.7 Å². The predicted molar refractivity (Wildman–Crippen MR) is 88.1 cm³/mol. The maximum absolute atomic E-state index is 12.7. The summed E-state index contributed by atoms with van der Waals surface area (Å²) < 4.78 is 42.8. The molecule has 0 spiro atoms. The summed E-state index contributed by atoms with van der Waals surface area (Å²) >= 11 is 0. The number of carbonyl (C=O) groups is 1. The fourth-order valence-corrected chi connectivity index (χ4v) is 3.41. The van der Waals surface area contributed by atoms with Crippen LogP contribution in [-0.4, -0.2) is 35.7 Å². The molecule has 0 fully saturated rings. The zero-order valence-corrected chi connectivity index (χ0v) is 14.2. The lowest BCUT2D eigenvalue weighted by atomic mass is 10.2. The SMILES string of the molecule is COC(=O)c1ccccc1S(=O)(=O)Nc1cccc(OC)c1OC. The molecular weight excluding hydrogens is 334 g/mol. The van der Waals surface area contributed by atoms with Crippen LogP contribution in [0, 0.1) is 0 Å². The minimum Gasteiger partial charge on any atom is -0.493 e. The summed E-state index contributed by atoms with van der Waals surface area (Å²) in [7, 11) is -0.0103. The van der Waals surface area contributed by atoms with Gasteiger partial charge in [0.05, 0.1) is 32.6 Å². The van der Waals surface area contributed by atoms with Gasteiger partial charge in [-0.2, -0.15) is 0 Å². The van der Waals surface area contributed by atoms with Crippen LogP contribution in [0.4, 0.5) is 5.69 Å². The normalized spacial score (nSPS) is 10.8. The van der Waals surface area contributed by atoms with Crippen LogP contribution in [0.3, 0.4) is 0 Å². The number of anilines is 1. The molecule has 0 aliphatic rings. The average molecular weight is 351 g/mol. The molecule has 0 atom stereocenters. The van der Waals surface area contributed by atoms with Gasteiger partial charge in [0.2, 0.25) is 0 Å². The number of esters is 1. The zero-order chi connectivity index (χ0) is 17.7. The highest BCUT2D eigenvalue weighted by molar-refractivity contribution is 7.92. The van der Waals surface area contributed by atoms with Gasteiger partial charge in [-0.25, -0.2) is 13.2 Å². The van der Waals surface area contributed by atoms with Crippen LogP contribution in [0.1, 0.15) is 10.4 Å². The molecule has 0 aliphatic carbocycles. The van der Waals surface area contributed by atoms with Crippen LogP contribution in [0.5, 0.6) is 11.5 Å². The lowest BCUT2D eigenvalue weighted by Crippen LogP contribution is -2.18. The molecule has 24 heavy (non-hydrogen) atoms. The molecule has 0 unspecified atom stereocenters. The first-order valence-electron chi connectivity index (χ1n) is 6.85. The summed E-state index contributed by atoms with van der Waals surface area (Å²) in [5.41, 5.74) is 0.130. The van der Waals surface area contributed by atoms with E-state index in [1.807, 2.05) is 0 Å². The van der Waals surface area contributed by atoms with E-state index in [1.54, 1.807) is 18.2 Å². The van der Waals surface area contributed by atoms with Crippen LogP contribution in [-0.2, 0) is 14.8 Å². The molecule has 128 valence electrons. The van der Waals surface area contributed by atoms with Crippen molar-refractivity contribution in [2.24, 2.45) is 0 Å². The second-order valence-electron chi connectivity index (χ2n) is 4.63. The van der Waals surface area contributed by atoms with Gasteiger partial charge in [-0.05, 0) is 24.3 Å². The Kier molecular flexibility index (Phi) is 5.30. The first kappa shape index (κ1) is 17.6. The molecule has 0 saturated carbocycles. The van der Waals surface area contributed by atoms with Gasteiger partial charge < -0.3 is 14.2 Å². The van der Waals surface area contributed by atoms with E-state index in [0.717, 1.165) is 0 Å². The van der Waals surface area contributed by atoms with E-state index in [-0.39, 0.29) is 21.9 Å². The molecule has 0 aliphatic heterocycles. The smallest absolute Gasteiger partial charge is 0.339 e. The number of para-hydroxylation sites is 1. The molecule has 8 heteroatoms. The zero-order valence-electron chi connectivity index (χ0n) is 13.4. The van der Waals surface area contributed by atoms with Crippen molar-refractivity contribution in [3.63, 3.8) is 0 Å². The third kappa shape index (κ3) is 3.43. The Hall–Kier alpha value is -2.74. The van der Waals surface area contributed by atoms with Crippen molar-refractivity contribution in [2.45, 2.75) is 4.90 Å². The third-order valence-corrected chi connectivity index (χ3v) is 4.65. The van der Waals surface area contributed by atoms with Crippen LogP contribution in [0.2, 0.25) is 0 Å². The number of benzene rings is 2. The number of methoxy groups -OCH3 is 3. The molecule has 0 radical (unpaired) electrons. The van der Waals surface area contributed by atoms with Crippen molar-refractivity contribution in [1.82, 2.24) is 0 Å². The first-order valence-corrected chi connectivity index (χ1v) is 8.34. The van der Waals surface area contributed by atoms with Crippen molar-refractivity contribution in [3.05, 3.63) is 48.0 Å². The van der Waals surface area contributed by atoms with Gasteiger partial charge in [-0.3, -0.25) is 4.72 Å². The molecule has 0 saturated heterocycles. The average Bonchev–Trinajstić information content (AvgIpc) is 2.60. The predicted octanol–water partition coefficient (Wildman–Crippen LogP) is 2.29. The lowest BCUT2D eigenvalue weighted by Gasteiger charge is -2.15. The van der Waals surface area contributed by atoms with Crippen molar-refractivity contribution in [3.8, 4) is 11.5 Å². The molecule has 0 bridgehead atoms. The second-order valence-corrected chi connectivity index (χ2v) is 6.29. The second kappa shape index (κ2) is 7.22.